The number of anilines is 1. The zero-order valence-electron chi connectivity index (χ0n) is 10.3. The number of rotatable bonds is 3. The van der Waals surface area contributed by atoms with Crippen LogP contribution in [0.5, 0.6) is 0 Å². The first kappa shape index (κ1) is 12.3. The summed E-state index contributed by atoms with van der Waals surface area (Å²) in [4.78, 5) is 6.29. The van der Waals surface area contributed by atoms with Crippen molar-refractivity contribution in [1.82, 2.24) is 4.98 Å². The molecule has 1 aromatic rings. The zero-order chi connectivity index (χ0) is 12.3. The summed E-state index contributed by atoms with van der Waals surface area (Å²) in [5, 5.41) is 10.1. The van der Waals surface area contributed by atoms with Crippen molar-refractivity contribution in [3.63, 3.8) is 0 Å². The molecule has 0 radical (unpaired) electrons. The van der Waals surface area contributed by atoms with Crippen LogP contribution in [0.2, 0.25) is 0 Å². The molecule has 0 aliphatic heterocycles. The number of nitrogens with two attached hydrogens (primary N) is 1. The minimum Gasteiger partial charge on any atom is -0.391 e. The van der Waals surface area contributed by atoms with Gasteiger partial charge >= 0.3 is 0 Å². The molecule has 3 N–H and O–H groups in total. The van der Waals surface area contributed by atoms with E-state index in [0.29, 0.717) is 6.54 Å². The van der Waals surface area contributed by atoms with Crippen LogP contribution in [0.4, 0.5) is 5.69 Å². The van der Waals surface area contributed by atoms with Crippen molar-refractivity contribution in [1.29, 1.82) is 0 Å². The van der Waals surface area contributed by atoms with E-state index < -0.39 is 0 Å². The summed E-state index contributed by atoms with van der Waals surface area (Å²) in [5.41, 5.74) is 7.86. The van der Waals surface area contributed by atoms with Gasteiger partial charge in [0.25, 0.3) is 0 Å². The van der Waals surface area contributed by atoms with Crippen LogP contribution in [-0.4, -0.2) is 29.3 Å². The first-order valence-electron chi connectivity index (χ1n) is 6.28. The molecule has 4 heteroatoms. The highest BCUT2D eigenvalue weighted by Gasteiger charge is 2.27. The summed E-state index contributed by atoms with van der Waals surface area (Å²) in [6.45, 7) is 0.505. The van der Waals surface area contributed by atoms with Crippen molar-refractivity contribution in [2.45, 2.75) is 44.4 Å². The largest absolute Gasteiger partial charge is 0.391 e. The first-order chi connectivity index (χ1) is 8.24. The molecule has 1 saturated carbocycles. The second kappa shape index (κ2) is 5.47. The summed E-state index contributed by atoms with van der Waals surface area (Å²) in [7, 11) is 2.02. The Balaban J connectivity index is 2.20. The average Bonchev–Trinajstić information content (AvgIpc) is 2.38. The van der Waals surface area contributed by atoms with E-state index in [-0.39, 0.29) is 12.1 Å². The molecular weight excluding hydrogens is 214 g/mol. The molecule has 1 aromatic heterocycles. The normalized spacial score (nSPS) is 24.6. The van der Waals surface area contributed by atoms with E-state index in [2.05, 4.69) is 9.88 Å². The lowest BCUT2D eigenvalue weighted by Gasteiger charge is -2.37. The Labute approximate surface area is 102 Å². The SMILES string of the molecule is CN(c1cnccc1CN)C1CCCCC1O. The van der Waals surface area contributed by atoms with Gasteiger partial charge in [0.05, 0.1) is 24.0 Å². The summed E-state index contributed by atoms with van der Waals surface area (Å²) >= 11 is 0. The molecule has 0 aromatic carbocycles. The third kappa shape index (κ3) is 2.58. The summed E-state index contributed by atoms with van der Waals surface area (Å²) in [6.07, 6.45) is 7.61. The third-order valence-corrected chi connectivity index (χ3v) is 3.68. The molecule has 17 heavy (non-hydrogen) atoms. The predicted octanol–water partition coefficient (Wildman–Crippen LogP) is 1.28. The third-order valence-electron chi connectivity index (χ3n) is 3.68. The molecule has 1 heterocycles. The minimum absolute atomic E-state index is 0.193. The molecule has 2 unspecified atom stereocenters. The van der Waals surface area contributed by atoms with E-state index in [9.17, 15) is 5.11 Å². The van der Waals surface area contributed by atoms with Crippen LogP contribution in [0, 0.1) is 0 Å². The van der Waals surface area contributed by atoms with E-state index in [4.69, 9.17) is 5.73 Å². The fraction of sp³-hybridized carbons (Fsp3) is 0.615. The Hall–Kier alpha value is -1.13. The van der Waals surface area contributed by atoms with Gasteiger partial charge in [-0.15, -0.1) is 0 Å². The monoisotopic (exact) mass is 235 g/mol. The number of hydrogen-bond acceptors (Lipinski definition) is 4. The lowest BCUT2D eigenvalue weighted by Crippen LogP contribution is -2.44. The Morgan fingerprint density at radius 1 is 1.47 bits per heavy atom. The first-order valence-corrected chi connectivity index (χ1v) is 6.28. The van der Waals surface area contributed by atoms with E-state index >= 15 is 0 Å². The Kier molecular flexibility index (Phi) is 3.97. The zero-order valence-corrected chi connectivity index (χ0v) is 10.3. The molecule has 0 amide bonds. The second-order valence-corrected chi connectivity index (χ2v) is 4.74. The fourth-order valence-corrected chi connectivity index (χ4v) is 2.63. The number of hydrogen-bond donors (Lipinski definition) is 2. The van der Waals surface area contributed by atoms with Crippen LogP contribution in [0.1, 0.15) is 31.2 Å². The van der Waals surface area contributed by atoms with Crippen LogP contribution in [0.25, 0.3) is 0 Å². The van der Waals surface area contributed by atoms with Crippen LogP contribution in [0.15, 0.2) is 18.5 Å². The molecule has 0 saturated heterocycles. The second-order valence-electron chi connectivity index (χ2n) is 4.74. The number of aliphatic hydroxyl groups excluding tert-OH is 1. The van der Waals surface area contributed by atoms with Crippen LogP contribution < -0.4 is 10.6 Å². The van der Waals surface area contributed by atoms with Crippen molar-refractivity contribution < 1.29 is 5.11 Å². The van der Waals surface area contributed by atoms with E-state index in [1.54, 1.807) is 6.20 Å². The van der Waals surface area contributed by atoms with Crippen molar-refractivity contribution in [2.24, 2.45) is 5.73 Å². The van der Waals surface area contributed by atoms with E-state index in [1.165, 1.54) is 6.42 Å². The van der Waals surface area contributed by atoms with Gasteiger partial charge in [0.15, 0.2) is 0 Å². The molecule has 0 bridgehead atoms. The molecule has 2 atom stereocenters. The van der Waals surface area contributed by atoms with Crippen molar-refractivity contribution in [3.05, 3.63) is 24.0 Å². The van der Waals surface area contributed by atoms with Gasteiger partial charge in [-0.3, -0.25) is 4.98 Å². The maximum absolute atomic E-state index is 10.1. The summed E-state index contributed by atoms with van der Waals surface area (Å²) in [6, 6.07) is 2.14. The van der Waals surface area contributed by atoms with Gasteiger partial charge in [0.2, 0.25) is 0 Å². The Bertz CT molecular complexity index is 369. The fourth-order valence-electron chi connectivity index (χ4n) is 2.63. The smallest absolute Gasteiger partial charge is 0.0743 e. The van der Waals surface area contributed by atoms with Gasteiger partial charge in [-0.25, -0.2) is 0 Å². The molecule has 4 nitrogen and oxygen atoms in total. The molecule has 2 rings (SSSR count). The van der Waals surface area contributed by atoms with E-state index in [1.807, 2.05) is 19.3 Å². The van der Waals surface area contributed by atoms with Gasteiger partial charge in [0, 0.05) is 19.8 Å². The average molecular weight is 235 g/mol. The van der Waals surface area contributed by atoms with Gasteiger partial charge in [-0.2, -0.15) is 0 Å². The lowest BCUT2D eigenvalue weighted by atomic mass is 9.91. The summed E-state index contributed by atoms with van der Waals surface area (Å²) < 4.78 is 0. The predicted molar refractivity (Wildman–Crippen MR) is 68.8 cm³/mol. The van der Waals surface area contributed by atoms with Crippen molar-refractivity contribution >= 4 is 5.69 Å². The van der Waals surface area contributed by atoms with Crippen LogP contribution in [0.3, 0.4) is 0 Å². The maximum atomic E-state index is 10.1. The number of pyridine rings is 1. The standard InChI is InChI=1S/C13H21N3O/c1-16(11-4-2-3-5-13(11)17)12-9-15-7-6-10(12)8-14/h6-7,9,11,13,17H,2-5,8,14H2,1H3. The quantitative estimate of drug-likeness (QED) is 0.828. The van der Waals surface area contributed by atoms with Gasteiger partial charge in [0.1, 0.15) is 0 Å². The van der Waals surface area contributed by atoms with Crippen LogP contribution >= 0.6 is 0 Å². The lowest BCUT2D eigenvalue weighted by molar-refractivity contribution is 0.106. The number of aliphatic hydroxyl groups is 1. The topological polar surface area (TPSA) is 62.4 Å². The number of nitrogens with zero attached hydrogens (tertiary/aromatic N) is 2. The number of likely N-dealkylation sites (N-methyl/N-ethyl adjacent to an activating group) is 1. The Morgan fingerprint density at radius 2 is 2.24 bits per heavy atom. The Morgan fingerprint density at radius 3 is 2.94 bits per heavy atom. The summed E-state index contributed by atoms with van der Waals surface area (Å²) in [5.74, 6) is 0. The molecular formula is C13H21N3O. The molecule has 94 valence electrons. The number of aromatic nitrogens is 1. The minimum atomic E-state index is -0.236. The van der Waals surface area contributed by atoms with E-state index in [0.717, 1.165) is 30.5 Å². The van der Waals surface area contributed by atoms with Gasteiger partial charge in [-0.1, -0.05) is 12.8 Å². The highest BCUT2D eigenvalue weighted by atomic mass is 16.3. The highest BCUT2D eigenvalue weighted by molar-refractivity contribution is 5.52. The van der Waals surface area contributed by atoms with Gasteiger partial charge in [-0.05, 0) is 24.5 Å². The van der Waals surface area contributed by atoms with Gasteiger partial charge < -0.3 is 15.7 Å². The maximum Gasteiger partial charge on any atom is 0.0743 e. The molecule has 1 fully saturated rings. The van der Waals surface area contributed by atoms with Crippen molar-refractivity contribution in [2.75, 3.05) is 11.9 Å². The highest BCUT2D eigenvalue weighted by Crippen LogP contribution is 2.27. The van der Waals surface area contributed by atoms with Crippen LogP contribution in [-0.2, 0) is 6.54 Å². The molecule has 1 aliphatic carbocycles. The van der Waals surface area contributed by atoms with Crippen molar-refractivity contribution in [3.8, 4) is 0 Å². The molecule has 0 spiro atoms. The molecule has 1 aliphatic rings.